The van der Waals surface area contributed by atoms with E-state index in [2.05, 4.69) is 24.4 Å². The average Bonchev–Trinajstić information content (AvgIpc) is 2.36. The van der Waals surface area contributed by atoms with E-state index in [4.69, 9.17) is 0 Å². The molecule has 0 bridgehead atoms. The molecule has 0 aliphatic carbocycles. The number of nitrogens with one attached hydrogen (secondary N) is 1. The molecule has 0 aromatic heterocycles. The summed E-state index contributed by atoms with van der Waals surface area (Å²) in [5.74, 6) is 0.123. The summed E-state index contributed by atoms with van der Waals surface area (Å²) in [6.45, 7) is 4.76. The molecule has 0 heterocycles. The van der Waals surface area contributed by atoms with Crippen LogP contribution in [-0.2, 0) is 4.79 Å². The number of carbonyl (C=O) groups excluding carboxylic acids is 1. The zero-order valence-electron chi connectivity index (χ0n) is 10.5. The molecule has 0 fully saturated rings. The van der Waals surface area contributed by atoms with Crippen LogP contribution in [0.1, 0.15) is 13.8 Å². The molecule has 1 aromatic rings. The van der Waals surface area contributed by atoms with Crippen molar-refractivity contribution >= 4 is 29.4 Å². The van der Waals surface area contributed by atoms with Gasteiger partial charge in [0.15, 0.2) is 0 Å². The lowest BCUT2D eigenvalue weighted by atomic mass is 10.4. The van der Waals surface area contributed by atoms with Gasteiger partial charge >= 0.3 is 0 Å². The predicted molar refractivity (Wildman–Crippen MR) is 77.7 cm³/mol. The summed E-state index contributed by atoms with van der Waals surface area (Å²) in [5, 5.41) is 3.39. The van der Waals surface area contributed by atoms with Gasteiger partial charge in [-0.1, -0.05) is 25.1 Å². The summed E-state index contributed by atoms with van der Waals surface area (Å²) in [4.78, 5) is 12.8. The SMILES string of the molecule is CS[C@@H](C)C(=O)NC[C@@H](C)Sc1ccccc1. The molecule has 94 valence electrons. The van der Waals surface area contributed by atoms with Crippen molar-refractivity contribution in [3.05, 3.63) is 30.3 Å². The largest absolute Gasteiger partial charge is 0.354 e. The highest BCUT2D eigenvalue weighted by Crippen LogP contribution is 2.22. The van der Waals surface area contributed by atoms with E-state index in [1.165, 1.54) is 4.90 Å². The Hall–Kier alpha value is -0.610. The lowest BCUT2D eigenvalue weighted by Crippen LogP contribution is -2.34. The van der Waals surface area contributed by atoms with Crippen molar-refractivity contribution in [3.63, 3.8) is 0 Å². The minimum Gasteiger partial charge on any atom is -0.354 e. The summed E-state index contributed by atoms with van der Waals surface area (Å²) < 4.78 is 0. The Balaban J connectivity index is 2.31. The number of rotatable bonds is 6. The zero-order valence-corrected chi connectivity index (χ0v) is 12.1. The number of benzene rings is 1. The molecule has 4 heteroatoms. The lowest BCUT2D eigenvalue weighted by molar-refractivity contribution is -0.120. The molecule has 0 aliphatic heterocycles. The number of hydrogen-bond donors (Lipinski definition) is 1. The van der Waals surface area contributed by atoms with Crippen LogP contribution in [0.2, 0.25) is 0 Å². The van der Waals surface area contributed by atoms with Crippen LogP contribution in [0.4, 0.5) is 0 Å². The van der Waals surface area contributed by atoms with Crippen LogP contribution in [0, 0.1) is 0 Å². The Labute approximate surface area is 112 Å². The summed E-state index contributed by atoms with van der Waals surface area (Å²) in [7, 11) is 0. The van der Waals surface area contributed by atoms with E-state index < -0.39 is 0 Å². The van der Waals surface area contributed by atoms with Gasteiger partial charge in [0.05, 0.1) is 5.25 Å². The van der Waals surface area contributed by atoms with Gasteiger partial charge in [0.2, 0.25) is 5.91 Å². The molecule has 1 rings (SSSR count). The second kappa shape index (κ2) is 7.67. The van der Waals surface area contributed by atoms with Gasteiger partial charge in [0.1, 0.15) is 0 Å². The van der Waals surface area contributed by atoms with Crippen LogP contribution in [-0.4, -0.2) is 29.2 Å². The highest BCUT2D eigenvalue weighted by Gasteiger charge is 2.12. The van der Waals surface area contributed by atoms with Crippen LogP contribution in [0.15, 0.2) is 35.2 Å². The number of carbonyl (C=O) groups is 1. The normalized spacial score (nSPS) is 14.1. The molecule has 1 N–H and O–H groups in total. The fourth-order valence-electron chi connectivity index (χ4n) is 1.27. The highest BCUT2D eigenvalue weighted by atomic mass is 32.2. The summed E-state index contributed by atoms with van der Waals surface area (Å²) in [5.41, 5.74) is 0. The van der Waals surface area contributed by atoms with Crippen molar-refractivity contribution in [2.75, 3.05) is 12.8 Å². The molecule has 2 atom stereocenters. The van der Waals surface area contributed by atoms with Crippen molar-refractivity contribution < 1.29 is 4.79 Å². The third-order valence-electron chi connectivity index (χ3n) is 2.37. The molecule has 2 nitrogen and oxygen atoms in total. The predicted octanol–water partition coefficient (Wildman–Crippen LogP) is 3.03. The maximum atomic E-state index is 11.6. The molecule has 0 spiro atoms. The minimum absolute atomic E-state index is 0.0314. The van der Waals surface area contributed by atoms with Crippen molar-refractivity contribution in [2.45, 2.75) is 29.2 Å². The first-order valence-electron chi connectivity index (χ1n) is 5.65. The van der Waals surface area contributed by atoms with Gasteiger partial charge in [-0.2, -0.15) is 11.8 Å². The monoisotopic (exact) mass is 269 g/mol. The van der Waals surface area contributed by atoms with E-state index in [1.807, 2.05) is 31.4 Å². The Morgan fingerprint density at radius 2 is 1.94 bits per heavy atom. The molecule has 0 unspecified atom stereocenters. The van der Waals surface area contributed by atoms with E-state index in [1.54, 1.807) is 23.5 Å². The molecule has 1 amide bonds. The Morgan fingerprint density at radius 3 is 2.53 bits per heavy atom. The first-order valence-corrected chi connectivity index (χ1v) is 7.82. The van der Waals surface area contributed by atoms with Gasteiger partial charge in [-0.05, 0) is 25.3 Å². The van der Waals surface area contributed by atoms with E-state index in [0.29, 0.717) is 11.8 Å². The molecule has 0 saturated heterocycles. The quantitative estimate of drug-likeness (QED) is 0.805. The van der Waals surface area contributed by atoms with Crippen LogP contribution < -0.4 is 5.32 Å². The number of hydrogen-bond acceptors (Lipinski definition) is 3. The lowest BCUT2D eigenvalue weighted by Gasteiger charge is -2.14. The summed E-state index contributed by atoms with van der Waals surface area (Å²) in [6, 6.07) is 10.3. The molecule has 0 saturated carbocycles. The first-order chi connectivity index (χ1) is 8.13. The standard InChI is InChI=1S/C13H19NOS2/c1-10(9-14-13(15)11(2)16-3)17-12-7-5-4-6-8-12/h4-8,10-11H,9H2,1-3H3,(H,14,15)/t10-,11+/m1/s1. The van der Waals surface area contributed by atoms with Gasteiger partial charge in [0.25, 0.3) is 0 Å². The van der Waals surface area contributed by atoms with Gasteiger partial charge in [0, 0.05) is 16.7 Å². The molecule has 17 heavy (non-hydrogen) atoms. The van der Waals surface area contributed by atoms with Crippen LogP contribution >= 0.6 is 23.5 Å². The smallest absolute Gasteiger partial charge is 0.232 e. The molecular formula is C13H19NOS2. The maximum Gasteiger partial charge on any atom is 0.232 e. The summed E-state index contributed by atoms with van der Waals surface area (Å²) >= 11 is 3.35. The fraction of sp³-hybridized carbons (Fsp3) is 0.462. The average molecular weight is 269 g/mol. The van der Waals surface area contributed by atoms with Crippen LogP contribution in [0.3, 0.4) is 0 Å². The Bertz CT molecular complexity index is 343. The molecule has 0 aliphatic rings. The number of thioether (sulfide) groups is 2. The van der Waals surface area contributed by atoms with E-state index in [0.717, 1.165) is 0 Å². The Kier molecular flexibility index (Phi) is 6.52. The van der Waals surface area contributed by atoms with Gasteiger partial charge in [-0.25, -0.2) is 0 Å². The first kappa shape index (κ1) is 14.5. The zero-order chi connectivity index (χ0) is 12.7. The van der Waals surface area contributed by atoms with Crippen molar-refractivity contribution in [3.8, 4) is 0 Å². The van der Waals surface area contributed by atoms with Crippen LogP contribution in [0.25, 0.3) is 0 Å². The van der Waals surface area contributed by atoms with Crippen LogP contribution in [0.5, 0.6) is 0 Å². The third kappa shape index (κ3) is 5.50. The summed E-state index contributed by atoms with van der Waals surface area (Å²) in [6.07, 6.45) is 1.95. The highest BCUT2D eigenvalue weighted by molar-refractivity contribution is 8.00. The second-order valence-electron chi connectivity index (χ2n) is 3.86. The van der Waals surface area contributed by atoms with E-state index in [9.17, 15) is 4.79 Å². The fourth-order valence-corrected chi connectivity index (χ4v) is 2.51. The minimum atomic E-state index is 0.0314. The van der Waals surface area contributed by atoms with Gasteiger partial charge < -0.3 is 5.32 Å². The van der Waals surface area contributed by atoms with Crippen molar-refractivity contribution in [2.24, 2.45) is 0 Å². The Morgan fingerprint density at radius 1 is 1.29 bits per heavy atom. The molecular weight excluding hydrogens is 250 g/mol. The van der Waals surface area contributed by atoms with Crippen molar-refractivity contribution in [1.82, 2.24) is 5.32 Å². The maximum absolute atomic E-state index is 11.6. The van der Waals surface area contributed by atoms with Crippen molar-refractivity contribution in [1.29, 1.82) is 0 Å². The second-order valence-corrected chi connectivity index (χ2v) is 6.55. The van der Waals surface area contributed by atoms with Gasteiger partial charge in [-0.3, -0.25) is 4.79 Å². The molecule has 0 radical (unpaired) electrons. The van der Waals surface area contributed by atoms with E-state index >= 15 is 0 Å². The third-order valence-corrected chi connectivity index (χ3v) is 4.40. The topological polar surface area (TPSA) is 29.1 Å². The number of amides is 1. The van der Waals surface area contributed by atoms with Gasteiger partial charge in [-0.15, -0.1) is 11.8 Å². The molecule has 1 aromatic carbocycles. The van der Waals surface area contributed by atoms with E-state index in [-0.39, 0.29) is 11.2 Å².